The van der Waals surface area contributed by atoms with Crippen molar-refractivity contribution in [1.82, 2.24) is 5.32 Å². The van der Waals surface area contributed by atoms with E-state index in [4.69, 9.17) is 4.74 Å². The van der Waals surface area contributed by atoms with E-state index >= 15 is 0 Å². The maximum atomic E-state index is 12.3. The number of carbonyl (C=O) groups is 1. The van der Waals surface area contributed by atoms with Gasteiger partial charge in [-0.25, -0.2) is 0 Å². The summed E-state index contributed by atoms with van der Waals surface area (Å²) in [4.78, 5) is 12.3. The van der Waals surface area contributed by atoms with Crippen LogP contribution in [0.3, 0.4) is 0 Å². The summed E-state index contributed by atoms with van der Waals surface area (Å²) in [7, 11) is 0. The molecule has 1 amide bonds. The molecule has 0 fully saturated rings. The molecular formula is C21H23NO2. The first kappa shape index (κ1) is 16.3. The second kappa shape index (κ2) is 7.82. The lowest BCUT2D eigenvalue weighted by Gasteiger charge is -2.26. The van der Waals surface area contributed by atoms with Crippen molar-refractivity contribution in [2.45, 2.75) is 31.7 Å². The van der Waals surface area contributed by atoms with Gasteiger partial charge in [0, 0.05) is 0 Å². The van der Waals surface area contributed by atoms with Gasteiger partial charge in [-0.15, -0.1) is 6.58 Å². The smallest absolute Gasteiger partial charge is 0.258 e. The molecule has 1 N–H and O–H groups in total. The molecule has 0 saturated carbocycles. The van der Waals surface area contributed by atoms with Crippen molar-refractivity contribution in [2.75, 3.05) is 6.61 Å². The average Bonchev–Trinajstić information content (AvgIpc) is 2.62. The molecule has 0 saturated heterocycles. The fourth-order valence-electron chi connectivity index (χ4n) is 3.25. The summed E-state index contributed by atoms with van der Waals surface area (Å²) in [6.45, 7) is 3.79. The maximum absolute atomic E-state index is 12.3. The number of allylic oxidation sites excluding steroid dienone is 1. The van der Waals surface area contributed by atoms with Crippen LogP contribution in [0.15, 0.2) is 61.2 Å². The Balaban J connectivity index is 1.60. The van der Waals surface area contributed by atoms with Gasteiger partial charge in [-0.2, -0.15) is 0 Å². The molecule has 0 heterocycles. The molecule has 3 rings (SSSR count). The van der Waals surface area contributed by atoms with Gasteiger partial charge in [-0.3, -0.25) is 4.79 Å². The highest BCUT2D eigenvalue weighted by atomic mass is 16.5. The Morgan fingerprint density at radius 1 is 1.21 bits per heavy atom. The Kier molecular flexibility index (Phi) is 5.32. The number of carbonyl (C=O) groups excluding carboxylic acids is 1. The summed E-state index contributed by atoms with van der Waals surface area (Å²) in [5.74, 6) is 0.668. The van der Waals surface area contributed by atoms with E-state index in [1.54, 1.807) is 0 Å². The van der Waals surface area contributed by atoms with Crippen molar-refractivity contribution in [3.05, 3.63) is 77.9 Å². The molecular weight excluding hydrogens is 298 g/mol. The minimum absolute atomic E-state index is 0.0345. The third kappa shape index (κ3) is 3.85. The third-order valence-electron chi connectivity index (χ3n) is 4.40. The Hall–Kier alpha value is -2.55. The second-order valence-corrected chi connectivity index (χ2v) is 6.10. The zero-order valence-electron chi connectivity index (χ0n) is 13.8. The van der Waals surface area contributed by atoms with E-state index in [0.29, 0.717) is 0 Å². The first-order chi connectivity index (χ1) is 11.8. The molecule has 2 aromatic carbocycles. The van der Waals surface area contributed by atoms with E-state index < -0.39 is 0 Å². The number of para-hydroxylation sites is 1. The Labute approximate surface area is 143 Å². The van der Waals surface area contributed by atoms with Crippen LogP contribution in [0.25, 0.3) is 0 Å². The second-order valence-electron chi connectivity index (χ2n) is 6.10. The number of nitrogens with one attached hydrogen (secondary N) is 1. The van der Waals surface area contributed by atoms with Gasteiger partial charge in [0.2, 0.25) is 0 Å². The van der Waals surface area contributed by atoms with E-state index in [-0.39, 0.29) is 18.6 Å². The van der Waals surface area contributed by atoms with Crippen LogP contribution in [0.2, 0.25) is 0 Å². The van der Waals surface area contributed by atoms with Crippen molar-refractivity contribution in [3.8, 4) is 5.75 Å². The van der Waals surface area contributed by atoms with Gasteiger partial charge in [-0.1, -0.05) is 48.5 Å². The van der Waals surface area contributed by atoms with E-state index in [0.717, 1.165) is 37.0 Å². The number of hydrogen-bond acceptors (Lipinski definition) is 2. The van der Waals surface area contributed by atoms with Gasteiger partial charge in [0.25, 0.3) is 5.91 Å². The molecule has 3 nitrogen and oxygen atoms in total. The number of ether oxygens (including phenoxy) is 1. The van der Waals surface area contributed by atoms with Crippen molar-refractivity contribution >= 4 is 5.91 Å². The molecule has 1 aliphatic rings. The number of hydrogen-bond donors (Lipinski definition) is 1. The maximum Gasteiger partial charge on any atom is 0.258 e. The molecule has 2 aromatic rings. The molecule has 3 heteroatoms. The summed E-state index contributed by atoms with van der Waals surface area (Å²) < 4.78 is 5.72. The molecule has 0 aliphatic heterocycles. The highest BCUT2D eigenvalue weighted by molar-refractivity contribution is 5.78. The molecule has 124 valence electrons. The first-order valence-corrected chi connectivity index (χ1v) is 8.46. The summed E-state index contributed by atoms with van der Waals surface area (Å²) in [5.41, 5.74) is 3.62. The summed E-state index contributed by atoms with van der Waals surface area (Å²) in [6.07, 6.45) is 5.74. The highest BCUT2D eigenvalue weighted by Gasteiger charge is 2.21. The van der Waals surface area contributed by atoms with Gasteiger partial charge in [0.05, 0.1) is 6.04 Å². The summed E-state index contributed by atoms with van der Waals surface area (Å²) in [5, 5.41) is 3.11. The standard InChI is InChI=1S/C21H23NO2/c1-2-8-17-10-4-6-14-20(17)24-15-21(23)22-19-13-7-11-16-9-3-5-12-18(16)19/h2-6,9-10,12,14,19H,1,7-8,11,13,15H2,(H,22,23)/t19-/m0/s1. The SMILES string of the molecule is C=CCc1ccccc1OCC(=O)N[C@H]1CCCc2ccccc21. The summed E-state index contributed by atoms with van der Waals surface area (Å²) in [6, 6.07) is 16.2. The van der Waals surface area contributed by atoms with Crippen molar-refractivity contribution in [3.63, 3.8) is 0 Å². The van der Waals surface area contributed by atoms with Gasteiger partial charge in [0.15, 0.2) is 6.61 Å². The van der Waals surface area contributed by atoms with E-state index in [9.17, 15) is 4.79 Å². The Bertz CT molecular complexity index is 723. The van der Waals surface area contributed by atoms with Crippen molar-refractivity contribution in [1.29, 1.82) is 0 Å². The number of benzene rings is 2. The Morgan fingerprint density at radius 3 is 2.88 bits per heavy atom. The Morgan fingerprint density at radius 2 is 2.00 bits per heavy atom. The van der Waals surface area contributed by atoms with Gasteiger partial charge < -0.3 is 10.1 Å². The number of aryl methyl sites for hydroxylation is 1. The topological polar surface area (TPSA) is 38.3 Å². The van der Waals surface area contributed by atoms with Crippen LogP contribution in [-0.2, 0) is 17.6 Å². The highest BCUT2D eigenvalue weighted by Crippen LogP contribution is 2.29. The van der Waals surface area contributed by atoms with Crippen molar-refractivity contribution < 1.29 is 9.53 Å². The lowest BCUT2D eigenvalue weighted by Crippen LogP contribution is -2.34. The summed E-state index contributed by atoms with van der Waals surface area (Å²) >= 11 is 0. The third-order valence-corrected chi connectivity index (χ3v) is 4.40. The molecule has 0 spiro atoms. The van der Waals surface area contributed by atoms with Crippen LogP contribution < -0.4 is 10.1 Å². The molecule has 0 bridgehead atoms. The molecule has 1 atom stereocenters. The molecule has 0 unspecified atom stereocenters. The predicted molar refractivity (Wildman–Crippen MR) is 96.1 cm³/mol. The monoisotopic (exact) mass is 321 g/mol. The van der Waals surface area contributed by atoms with Gasteiger partial charge >= 0.3 is 0 Å². The normalized spacial score (nSPS) is 16.1. The quantitative estimate of drug-likeness (QED) is 0.817. The zero-order chi connectivity index (χ0) is 16.8. The van der Waals surface area contributed by atoms with Crippen LogP contribution in [0.5, 0.6) is 5.75 Å². The van der Waals surface area contributed by atoms with Gasteiger partial charge in [0.1, 0.15) is 5.75 Å². The number of rotatable bonds is 6. The van der Waals surface area contributed by atoms with Gasteiger partial charge in [-0.05, 0) is 48.4 Å². The van der Waals surface area contributed by atoms with E-state index in [1.165, 1.54) is 11.1 Å². The molecule has 0 radical (unpaired) electrons. The minimum atomic E-state index is -0.0786. The lowest BCUT2D eigenvalue weighted by atomic mass is 9.88. The fraction of sp³-hybridized carbons (Fsp3) is 0.286. The van der Waals surface area contributed by atoms with Crippen molar-refractivity contribution in [2.24, 2.45) is 0 Å². The minimum Gasteiger partial charge on any atom is -0.483 e. The molecule has 1 aliphatic carbocycles. The zero-order valence-corrected chi connectivity index (χ0v) is 13.8. The van der Waals surface area contributed by atoms with Crippen LogP contribution in [0, 0.1) is 0 Å². The predicted octanol–water partition coefficient (Wildman–Crippen LogP) is 3.99. The largest absolute Gasteiger partial charge is 0.483 e. The molecule has 0 aromatic heterocycles. The first-order valence-electron chi connectivity index (χ1n) is 8.46. The van der Waals surface area contributed by atoms with E-state index in [2.05, 4.69) is 30.1 Å². The average molecular weight is 321 g/mol. The van der Waals surface area contributed by atoms with E-state index in [1.807, 2.05) is 36.4 Å². The number of fused-ring (bicyclic) bond motifs is 1. The lowest BCUT2D eigenvalue weighted by molar-refractivity contribution is -0.124. The number of amides is 1. The van der Waals surface area contributed by atoms with Crippen LogP contribution in [0.4, 0.5) is 0 Å². The van der Waals surface area contributed by atoms with Crippen LogP contribution >= 0.6 is 0 Å². The molecule has 24 heavy (non-hydrogen) atoms. The van der Waals surface area contributed by atoms with Crippen LogP contribution in [-0.4, -0.2) is 12.5 Å². The van der Waals surface area contributed by atoms with Crippen LogP contribution in [0.1, 0.15) is 35.6 Å². The fourth-order valence-corrected chi connectivity index (χ4v) is 3.25.